The highest BCUT2D eigenvalue weighted by Gasteiger charge is 2.31. The van der Waals surface area contributed by atoms with Gasteiger partial charge in [0.25, 0.3) is 5.91 Å². The first-order valence-corrected chi connectivity index (χ1v) is 7.65. The molecule has 0 atom stereocenters. The molecule has 1 aliphatic rings. The number of thiazole rings is 1. The minimum absolute atomic E-state index is 0.142. The monoisotopic (exact) mass is 298 g/mol. The Morgan fingerprint density at radius 2 is 2.25 bits per heavy atom. The van der Waals surface area contributed by atoms with Crippen molar-refractivity contribution in [1.82, 2.24) is 10.3 Å². The second kappa shape index (κ2) is 6.41. The third kappa shape index (κ3) is 3.61. The van der Waals surface area contributed by atoms with E-state index in [1.54, 1.807) is 7.11 Å². The number of carbonyl (C=O) groups excluding carboxylic acids is 1. The number of anilines is 2. The fourth-order valence-electron chi connectivity index (χ4n) is 1.99. The van der Waals surface area contributed by atoms with Gasteiger partial charge in [-0.15, -0.1) is 0 Å². The number of nitrogens with one attached hydrogen (secondary N) is 2. The number of methoxy groups -OCH3 is 1. The highest BCUT2D eigenvalue weighted by molar-refractivity contribution is 7.18. The largest absolute Gasteiger partial charge is 0.382 e. The third-order valence-electron chi connectivity index (χ3n) is 3.28. The van der Waals surface area contributed by atoms with E-state index in [1.807, 2.05) is 0 Å². The van der Waals surface area contributed by atoms with Gasteiger partial charge in [-0.1, -0.05) is 25.2 Å². The molecule has 0 radical (unpaired) electrons. The van der Waals surface area contributed by atoms with E-state index in [4.69, 9.17) is 10.5 Å². The molecule has 4 N–H and O–H groups in total. The van der Waals surface area contributed by atoms with E-state index in [1.165, 1.54) is 11.3 Å². The molecule has 0 saturated heterocycles. The molecule has 0 unspecified atom stereocenters. The predicted molar refractivity (Wildman–Crippen MR) is 81.1 cm³/mol. The second-order valence-corrected chi connectivity index (χ2v) is 6.51. The molecule has 1 saturated carbocycles. The van der Waals surface area contributed by atoms with Crippen LogP contribution in [-0.4, -0.2) is 36.7 Å². The molecule has 0 spiro atoms. The minimum atomic E-state index is -0.142. The van der Waals surface area contributed by atoms with Gasteiger partial charge in [-0.25, -0.2) is 4.98 Å². The highest BCUT2D eigenvalue weighted by atomic mass is 32.1. The van der Waals surface area contributed by atoms with Crippen molar-refractivity contribution in [3.05, 3.63) is 4.88 Å². The summed E-state index contributed by atoms with van der Waals surface area (Å²) in [6, 6.07) is 0.182. The molecule has 0 bridgehead atoms. The topological polar surface area (TPSA) is 89.3 Å². The van der Waals surface area contributed by atoms with Crippen molar-refractivity contribution < 1.29 is 9.53 Å². The summed E-state index contributed by atoms with van der Waals surface area (Å²) in [5.74, 6) is 0.664. The van der Waals surface area contributed by atoms with Crippen molar-refractivity contribution in [2.45, 2.75) is 38.8 Å². The fraction of sp³-hybridized carbons (Fsp3) is 0.692. The molecular formula is C13H22N4O2S. The van der Waals surface area contributed by atoms with Crippen molar-refractivity contribution in [3.8, 4) is 0 Å². The van der Waals surface area contributed by atoms with E-state index in [0.717, 1.165) is 19.4 Å². The van der Waals surface area contributed by atoms with Crippen molar-refractivity contribution >= 4 is 28.2 Å². The molecule has 2 rings (SSSR count). The second-order valence-electron chi connectivity index (χ2n) is 5.51. The van der Waals surface area contributed by atoms with Gasteiger partial charge in [-0.2, -0.15) is 0 Å². The van der Waals surface area contributed by atoms with Crippen LogP contribution < -0.4 is 16.4 Å². The van der Waals surface area contributed by atoms with Gasteiger partial charge in [0.1, 0.15) is 10.7 Å². The van der Waals surface area contributed by atoms with Gasteiger partial charge in [0, 0.05) is 19.7 Å². The molecule has 0 aromatic carbocycles. The normalized spacial score (nSPS) is 21.6. The summed E-state index contributed by atoms with van der Waals surface area (Å²) in [5.41, 5.74) is 5.81. The number of carbonyl (C=O) groups is 1. The SMILES string of the molecule is COC1CC(NC(=O)c2sc(NCC(C)C)nc2N)C1. The Balaban J connectivity index is 1.89. The van der Waals surface area contributed by atoms with Crippen LogP contribution in [0.2, 0.25) is 0 Å². The van der Waals surface area contributed by atoms with Crippen LogP contribution >= 0.6 is 11.3 Å². The molecule has 1 aromatic heterocycles. The highest BCUT2D eigenvalue weighted by Crippen LogP contribution is 2.27. The lowest BCUT2D eigenvalue weighted by molar-refractivity contribution is 0.0177. The fourth-order valence-corrected chi connectivity index (χ4v) is 2.78. The average molecular weight is 298 g/mol. The van der Waals surface area contributed by atoms with Crippen molar-refractivity contribution in [3.63, 3.8) is 0 Å². The summed E-state index contributed by atoms with van der Waals surface area (Å²) >= 11 is 1.30. The van der Waals surface area contributed by atoms with E-state index in [-0.39, 0.29) is 18.1 Å². The van der Waals surface area contributed by atoms with Crippen LogP contribution in [0.25, 0.3) is 0 Å². The maximum absolute atomic E-state index is 12.1. The average Bonchev–Trinajstić information content (AvgIpc) is 2.72. The van der Waals surface area contributed by atoms with Crippen LogP contribution in [0.3, 0.4) is 0 Å². The molecular weight excluding hydrogens is 276 g/mol. The van der Waals surface area contributed by atoms with Gasteiger partial charge in [0.2, 0.25) is 0 Å². The van der Waals surface area contributed by atoms with Crippen LogP contribution in [0.1, 0.15) is 36.4 Å². The number of hydrogen-bond donors (Lipinski definition) is 3. The van der Waals surface area contributed by atoms with Gasteiger partial charge in [0.15, 0.2) is 5.13 Å². The Morgan fingerprint density at radius 1 is 1.55 bits per heavy atom. The summed E-state index contributed by atoms with van der Waals surface area (Å²) < 4.78 is 5.19. The van der Waals surface area contributed by atoms with Gasteiger partial charge in [-0.05, 0) is 18.8 Å². The predicted octanol–water partition coefficient (Wildman–Crippen LogP) is 1.70. The molecule has 6 nitrogen and oxygen atoms in total. The molecule has 1 aromatic rings. The lowest BCUT2D eigenvalue weighted by Gasteiger charge is -2.34. The quantitative estimate of drug-likeness (QED) is 0.744. The molecule has 7 heteroatoms. The van der Waals surface area contributed by atoms with Crippen LogP contribution in [0.15, 0.2) is 0 Å². The lowest BCUT2D eigenvalue weighted by Crippen LogP contribution is -2.47. The molecule has 20 heavy (non-hydrogen) atoms. The van der Waals surface area contributed by atoms with E-state index < -0.39 is 0 Å². The minimum Gasteiger partial charge on any atom is -0.382 e. The van der Waals surface area contributed by atoms with Gasteiger partial charge in [0.05, 0.1) is 6.10 Å². The zero-order valence-electron chi connectivity index (χ0n) is 12.1. The summed E-state index contributed by atoms with van der Waals surface area (Å²) in [5, 5.41) is 6.84. The summed E-state index contributed by atoms with van der Waals surface area (Å²) in [6.07, 6.45) is 1.99. The molecule has 0 aliphatic heterocycles. The van der Waals surface area contributed by atoms with Crippen LogP contribution in [-0.2, 0) is 4.74 Å². The lowest BCUT2D eigenvalue weighted by atomic mass is 9.89. The van der Waals surface area contributed by atoms with Gasteiger partial charge < -0.3 is 21.1 Å². The molecule has 1 aliphatic carbocycles. The maximum Gasteiger partial charge on any atom is 0.265 e. The molecule has 1 amide bonds. The number of ether oxygens (including phenoxy) is 1. The number of nitrogen functional groups attached to an aromatic ring is 1. The van der Waals surface area contributed by atoms with Crippen LogP contribution in [0.4, 0.5) is 10.9 Å². The van der Waals surface area contributed by atoms with Crippen LogP contribution in [0, 0.1) is 5.92 Å². The number of nitrogens with two attached hydrogens (primary N) is 1. The van der Waals surface area contributed by atoms with Crippen LogP contribution in [0.5, 0.6) is 0 Å². The van der Waals surface area contributed by atoms with E-state index in [9.17, 15) is 4.79 Å². The standard InChI is InChI=1S/C13H22N4O2S/c1-7(2)6-15-13-17-11(14)10(20-13)12(18)16-8-4-9(5-8)19-3/h7-9H,4-6,14H2,1-3H3,(H,15,17)(H,16,18). The molecule has 1 fully saturated rings. The zero-order valence-corrected chi connectivity index (χ0v) is 12.9. The van der Waals surface area contributed by atoms with E-state index >= 15 is 0 Å². The zero-order chi connectivity index (χ0) is 14.7. The Bertz CT molecular complexity index is 469. The molecule has 112 valence electrons. The summed E-state index contributed by atoms with van der Waals surface area (Å²) in [4.78, 5) is 16.8. The van der Waals surface area contributed by atoms with E-state index in [0.29, 0.717) is 21.7 Å². The number of amides is 1. The smallest absolute Gasteiger partial charge is 0.265 e. The third-order valence-corrected chi connectivity index (χ3v) is 4.31. The summed E-state index contributed by atoms with van der Waals surface area (Å²) in [6.45, 7) is 5.03. The van der Waals surface area contributed by atoms with Crippen molar-refractivity contribution in [2.75, 3.05) is 24.7 Å². The number of hydrogen-bond acceptors (Lipinski definition) is 6. The Kier molecular flexibility index (Phi) is 4.82. The maximum atomic E-state index is 12.1. The van der Waals surface area contributed by atoms with Crippen molar-refractivity contribution in [1.29, 1.82) is 0 Å². The number of aromatic nitrogens is 1. The first kappa shape index (κ1) is 15.1. The molecule has 1 heterocycles. The Hall–Kier alpha value is -1.34. The summed E-state index contributed by atoms with van der Waals surface area (Å²) in [7, 11) is 1.69. The Labute approximate surface area is 123 Å². The first-order chi connectivity index (χ1) is 9.49. The van der Waals surface area contributed by atoms with Gasteiger partial charge in [-0.3, -0.25) is 4.79 Å². The first-order valence-electron chi connectivity index (χ1n) is 6.83. The number of nitrogens with zero attached hydrogens (tertiary/aromatic N) is 1. The van der Waals surface area contributed by atoms with Gasteiger partial charge >= 0.3 is 0 Å². The number of rotatable bonds is 6. The van der Waals surface area contributed by atoms with E-state index in [2.05, 4.69) is 29.5 Å². The van der Waals surface area contributed by atoms with Crippen molar-refractivity contribution in [2.24, 2.45) is 5.92 Å². The Morgan fingerprint density at radius 3 is 2.85 bits per heavy atom.